The van der Waals surface area contributed by atoms with Gasteiger partial charge in [-0.25, -0.2) is 0 Å². The molecule has 5 heteroatoms. The molecule has 3 aliphatic rings. The zero-order chi connectivity index (χ0) is 19.6. The molecule has 2 spiro atoms. The second kappa shape index (κ2) is 8.27. The maximum Gasteiger partial charge on any atom is 0.230 e. The fraction of sp³-hybridized carbons (Fsp3) is 0.696. The van der Waals surface area contributed by atoms with Crippen molar-refractivity contribution in [2.45, 2.75) is 86.5 Å². The highest BCUT2D eigenvalue weighted by Gasteiger charge is 2.62. The van der Waals surface area contributed by atoms with E-state index in [1.54, 1.807) is 14.2 Å². The number of amides is 1. The van der Waals surface area contributed by atoms with E-state index in [0.717, 1.165) is 24.2 Å². The van der Waals surface area contributed by atoms with Gasteiger partial charge >= 0.3 is 0 Å². The molecule has 0 radical (unpaired) electrons. The molecule has 4 rings (SSSR count). The van der Waals surface area contributed by atoms with Crippen LogP contribution in [0.25, 0.3) is 0 Å². The van der Waals surface area contributed by atoms with Crippen LogP contribution >= 0.6 is 11.8 Å². The van der Waals surface area contributed by atoms with Gasteiger partial charge in [-0.3, -0.25) is 4.79 Å². The fourth-order valence-corrected chi connectivity index (χ4v) is 7.93. The maximum absolute atomic E-state index is 13.7. The van der Waals surface area contributed by atoms with Gasteiger partial charge in [0.2, 0.25) is 5.91 Å². The Labute approximate surface area is 173 Å². The summed E-state index contributed by atoms with van der Waals surface area (Å²) in [6, 6.07) is 7.90. The van der Waals surface area contributed by atoms with Crippen LogP contribution in [0.5, 0.6) is 5.75 Å². The number of carbonyl (C=O) groups is 1. The van der Waals surface area contributed by atoms with Crippen molar-refractivity contribution in [1.82, 2.24) is 4.90 Å². The predicted octanol–water partition coefficient (Wildman–Crippen LogP) is 5.15. The Morgan fingerprint density at radius 3 is 2.39 bits per heavy atom. The molecular weight excluding hydrogens is 370 g/mol. The monoisotopic (exact) mass is 403 g/mol. The Bertz CT molecular complexity index is 695. The van der Waals surface area contributed by atoms with Crippen molar-refractivity contribution >= 4 is 17.7 Å². The largest absolute Gasteiger partial charge is 0.497 e. The lowest BCUT2D eigenvalue weighted by Gasteiger charge is -2.42. The molecule has 1 atom stereocenters. The molecule has 0 aromatic heterocycles. The summed E-state index contributed by atoms with van der Waals surface area (Å²) in [6.45, 7) is 0. The minimum atomic E-state index is -0.103. The number of ether oxygens (including phenoxy) is 2. The zero-order valence-electron chi connectivity index (χ0n) is 17.2. The minimum Gasteiger partial charge on any atom is -0.497 e. The highest BCUT2D eigenvalue weighted by atomic mass is 32.2. The number of hydrogen-bond acceptors (Lipinski definition) is 4. The molecule has 2 saturated carbocycles. The van der Waals surface area contributed by atoms with Crippen LogP contribution in [0.2, 0.25) is 0 Å². The average molecular weight is 404 g/mol. The van der Waals surface area contributed by atoms with E-state index >= 15 is 0 Å². The molecule has 154 valence electrons. The van der Waals surface area contributed by atoms with Crippen LogP contribution in [0, 0.1) is 0 Å². The molecule has 1 heterocycles. The summed E-state index contributed by atoms with van der Waals surface area (Å²) in [5.74, 6) is 1.01. The molecule has 0 unspecified atom stereocenters. The highest BCUT2D eigenvalue weighted by molar-refractivity contribution is 8.02. The van der Waals surface area contributed by atoms with Gasteiger partial charge in [0.15, 0.2) is 0 Å². The van der Waals surface area contributed by atoms with E-state index in [9.17, 15) is 4.79 Å². The van der Waals surface area contributed by atoms with Gasteiger partial charge in [0, 0.05) is 7.11 Å². The molecule has 4 nitrogen and oxygen atoms in total. The third-order valence-electron chi connectivity index (χ3n) is 6.83. The van der Waals surface area contributed by atoms with Gasteiger partial charge in [-0.15, -0.1) is 11.8 Å². The van der Waals surface area contributed by atoms with Crippen LogP contribution in [0.3, 0.4) is 0 Å². The van der Waals surface area contributed by atoms with Gasteiger partial charge in [0.1, 0.15) is 12.0 Å². The first-order valence-electron chi connectivity index (χ1n) is 10.8. The number of rotatable bonds is 4. The summed E-state index contributed by atoms with van der Waals surface area (Å²) < 4.78 is 11.5. The van der Waals surface area contributed by atoms with Crippen LogP contribution in [-0.2, 0) is 16.0 Å². The van der Waals surface area contributed by atoms with Crippen LogP contribution in [0.4, 0.5) is 0 Å². The Hall–Kier alpha value is -1.20. The Morgan fingerprint density at radius 1 is 1.07 bits per heavy atom. The van der Waals surface area contributed by atoms with Gasteiger partial charge in [0.25, 0.3) is 0 Å². The quantitative estimate of drug-likeness (QED) is 0.697. The number of carbonyl (C=O) groups excluding carboxylic acids is 1. The number of hydrogen-bond donors (Lipinski definition) is 0. The summed E-state index contributed by atoms with van der Waals surface area (Å²) in [5.41, 5.74) is 1.01. The number of thioether (sulfide) groups is 1. The van der Waals surface area contributed by atoms with Crippen molar-refractivity contribution in [2.75, 3.05) is 14.2 Å². The smallest absolute Gasteiger partial charge is 0.230 e. The van der Waals surface area contributed by atoms with Crippen molar-refractivity contribution in [3.05, 3.63) is 29.8 Å². The normalized spacial score (nSPS) is 25.9. The molecule has 1 amide bonds. The molecular formula is C23H33NO3S. The predicted molar refractivity (Wildman–Crippen MR) is 114 cm³/mol. The number of benzene rings is 1. The lowest BCUT2D eigenvalue weighted by atomic mass is 9.85. The van der Waals surface area contributed by atoms with Gasteiger partial charge < -0.3 is 14.4 Å². The summed E-state index contributed by atoms with van der Waals surface area (Å²) >= 11 is 2.10. The molecule has 0 N–H and O–H groups in total. The third-order valence-corrected chi connectivity index (χ3v) is 8.83. The summed E-state index contributed by atoms with van der Waals surface area (Å²) in [5, 5.41) is 0. The van der Waals surface area contributed by atoms with E-state index in [0.29, 0.717) is 6.42 Å². The molecule has 0 bridgehead atoms. The molecule has 1 aliphatic heterocycles. The van der Waals surface area contributed by atoms with Crippen molar-refractivity contribution in [2.24, 2.45) is 0 Å². The molecule has 1 aromatic carbocycles. The Kier molecular flexibility index (Phi) is 5.93. The van der Waals surface area contributed by atoms with Gasteiger partial charge in [-0.05, 0) is 43.4 Å². The van der Waals surface area contributed by atoms with Crippen LogP contribution in [0.15, 0.2) is 24.3 Å². The standard InChI is InChI=1S/C23H33NO3S/c1-26-19-11-9-10-18(16-19)17-20(25)24-21(27-2)22(12-5-3-6-13-22)28-23(24)14-7-4-8-15-23/h9-11,16,21H,3-8,12-15,17H2,1-2H3/t21-/m0/s1. The topological polar surface area (TPSA) is 38.8 Å². The van der Waals surface area contributed by atoms with E-state index in [1.165, 1.54) is 51.4 Å². The van der Waals surface area contributed by atoms with Crippen molar-refractivity contribution in [1.29, 1.82) is 0 Å². The first kappa shape index (κ1) is 20.1. The van der Waals surface area contributed by atoms with Gasteiger partial charge in [-0.2, -0.15) is 0 Å². The van der Waals surface area contributed by atoms with Crippen LogP contribution in [-0.4, -0.2) is 40.9 Å². The molecule has 1 aromatic rings. The van der Waals surface area contributed by atoms with Crippen LogP contribution < -0.4 is 4.74 Å². The van der Waals surface area contributed by atoms with E-state index in [4.69, 9.17) is 9.47 Å². The Morgan fingerprint density at radius 2 is 1.75 bits per heavy atom. The lowest BCUT2D eigenvalue weighted by Crippen LogP contribution is -2.54. The first-order valence-corrected chi connectivity index (χ1v) is 11.6. The average Bonchev–Trinajstić information content (AvgIpc) is 2.97. The second-order valence-electron chi connectivity index (χ2n) is 8.61. The third kappa shape index (κ3) is 3.56. The van der Waals surface area contributed by atoms with E-state index in [1.807, 2.05) is 24.3 Å². The first-order chi connectivity index (χ1) is 13.6. The summed E-state index contributed by atoms with van der Waals surface area (Å²) in [4.78, 5) is 15.8. The van der Waals surface area contributed by atoms with E-state index < -0.39 is 0 Å². The maximum atomic E-state index is 13.7. The molecule has 28 heavy (non-hydrogen) atoms. The zero-order valence-corrected chi connectivity index (χ0v) is 18.1. The molecule has 3 fully saturated rings. The van der Waals surface area contributed by atoms with E-state index in [2.05, 4.69) is 16.7 Å². The summed E-state index contributed by atoms with van der Waals surface area (Å²) in [6.07, 6.45) is 12.4. The fourth-order valence-electron chi connectivity index (χ4n) is 5.59. The van der Waals surface area contributed by atoms with Crippen molar-refractivity contribution in [3.8, 4) is 5.75 Å². The second-order valence-corrected chi connectivity index (χ2v) is 10.4. The molecule has 1 saturated heterocycles. The van der Waals surface area contributed by atoms with Crippen LogP contribution in [0.1, 0.15) is 69.8 Å². The molecule has 2 aliphatic carbocycles. The minimum absolute atomic E-state index is 0.0772. The number of methoxy groups -OCH3 is 2. The summed E-state index contributed by atoms with van der Waals surface area (Å²) in [7, 11) is 3.47. The lowest BCUT2D eigenvalue weighted by molar-refractivity contribution is -0.153. The number of nitrogens with zero attached hydrogens (tertiary/aromatic N) is 1. The van der Waals surface area contributed by atoms with Crippen molar-refractivity contribution < 1.29 is 14.3 Å². The Balaban J connectivity index is 1.65. The highest BCUT2D eigenvalue weighted by Crippen LogP contribution is 2.61. The van der Waals surface area contributed by atoms with Crippen molar-refractivity contribution in [3.63, 3.8) is 0 Å². The van der Waals surface area contributed by atoms with E-state index in [-0.39, 0.29) is 21.8 Å². The van der Waals surface area contributed by atoms with Gasteiger partial charge in [0.05, 0.1) is 23.1 Å². The SMILES string of the molecule is COc1cccc(CC(=O)N2[C@@H](OC)C3(CCCCC3)SC23CCCCC3)c1. The van der Waals surface area contributed by atoms with Gasteiger partial charge in [-0.1, -0.05) is 50.7 Å².